The molecule has 0 saturated carbocycles. The van der Waals surface area contributed by atoms with Crippen molar-refractivity contribution in [3.05, 3.63) is 58.6 Å². The number of amides is 5. The van der Waals surface area contributed by atoms with E-state index in [0.717, 1.165) is 16.7 Å². The molecular weight excluding hydrogens is 536 g/mol. The van der Waals surface area contributed by atoms with Gasteiger partial charge in [0.15, 0.2) is 0 Å². The van der Waals surface area contributed by atoms with Gasteiger partial charge in [-0.2, -0.15) is 0 Å². The Labute approximate surface area is 238 Å². The molecule has 0 radical (unpaired) electrons. The summed E-state index contributed by atoms with van der Waals surface area (Å²) in [5, 5.41) is 20.4. The van der Waals surface area contributed by atoms with E-state index in [2.05, 4.69) is 20.7 Å². The number of hydrogen-bond donors (Lipinski definition) is 4. The number of imide groups is 1. The summed E-state index contributed by atoms with van der Waals surface area (Å²) >= 11 is 6.76. The zero-order valence-electron chi connectivity index (χ0n) is 22.7. The fraction of sp³-hybridized carbons (Fsp3) is 0.448. The Balaban J connectivity index is 1.68. The van der Waals surface area contributed by atoms with E-state index in [1.54, 1.807) is 17.0 Å². The first kappa shape index (κ1) is 29.4. The highest BCUT2D eigenvalue weighted by molar-refractivity contribution is 6.33. The lowest BCUT2D eigenvalue weighted by atomic mass is 9.72. The summed E-state index contributed by atoms with van der Waals surface area (Å²) in [5.74, 6) is -1.24. The number of aryl methyl sites for hydroxylation is 1. The zero-order chi connectivity index (χ0) is 28.9. The first-order valence-corrected chi connectivity index (χ1v) is 13.8. The Morgan fingerprint density at radius 3 is 2.73 bits per heavy atom. The van der Waals surface area contributed by atoms with Gasteiger partial charge in [0, 0.05) is 36.1 Å². The molecule has 2 heterocycles. The van der Waals surface area contributed by atoms with Gasteiger partial charge in [-0.15, -0.1) is 0 Å². The Bertz CT molecular complexity index is 1270. The van der Waals surface area contributed by atoms with Crippen LogP contribution >= 0.6 is 11.6 Å². The van der Waals surface area contributed by atoms with Crippen LogP contribution in [0, 0.1) is 12.8 Å². The number of benzene rings is 2. The molecule has 0 bridgehead atoms. The average molecular weight is 571 g/mol. The maximum atomic E-state index is 13.4. The summed E-state index contributed by atoms with van der Waals surface area (Å²) in [7, 11) is 1.29. The van der Waals surface area contributed by atoms with Crippen LogP contribution in [0.1, 0.15) is 43.2 Å². The third-order valence-corrected chi connectivity index (χ3v) is 7.95. The molecule has 2 saturated heterocycles. The molecule has 2 aromatic rings. The monoisotopic (exact) mass is 570 g/mol. The quantitative estimate of drug-likeness (QED) is 0.359. The van der Waals surface area contributed by atoms with Crippen LogP contribution < -0.4 is 16.0 Å². The number of nitrogens with one attached hydrogen (secondary N) is 3. The molecule has 5 amide bonds. The zero-order valence-corrected chi connectivity index (χ0v) is 23.4. The summed E-state index contributed by atoms with van der Waals surface area (Å²) in [4.78, 5) is 50.3. The van der Waals surface area contributed by atoms with E-state index in [0.29, 0.717) is 36.4 Å². The minimum Gasteiger partial charge on any atom is -0.453 e. The van der Waals surface area contributed by atoms with Crippen LogP contribution in [-0.4, -0.2) is 66.7 Å². The lowest BCUT2D eigenvalue weighted by Crippen LogP contribution is -2.60. The summed E-state index contributed by atoms with van der Waals surface area (Å²) in [6.45, 7) is 2.95. The molecule has 11 heteroatoms. The van der Waals surface area contributed by atoms with Crippen LogP contribution in [0.4, 0.5) is 9.59 Å². The van der Waals surface area contributed by atoms with Gasteiger partial charge in [0.05, 0.1) is 19.1 Å². The van der Waals surface area contributed by atoms with Crippen molar-refractivity contribution >= 4 is 35.5 Å². The second-order valence-corrected chi connectivity index (χ2v) is 10.8. The molecular formula is C29H35ClN4O6. The third kappa shape index (κ3) is 6.56. The standard InChI is InChI=1S/C29H35ClN4O6/c1-18-7-3-8-19(15-18)25-21(10-4-11-22(25)30)29(39,12-6-13-31-28(38)40-2)20-9-5-14-34(17-20)26(36)23-16-24(35)33-27(37)32-23/h3-4,7-8,10-11,15,20,23,39H,5-6,9,12-14,16-17H2,1-2H3,(H,31,38)(H2,32,33,35,37)/t20-,23-,29+/m1/s1. The number of urea groups is 1. The number of methoxy groups -OCH3 is 1. The number of aliphatic hydroxyl groups is 1. The van der Waals surface area contributed by atoms with Crippen molar-refractivity contribution in [3.8, 4) is 11.1 Å². The van der Waals surface area contributed by atoms with Crippen molar-refractivity contribution in [1.29, 1.82) is 0 Å². The highest BCUT2D eigenvalue weighted by Crippen LogP contribution is 2.45. The molecule has 2 aliphatic heterocycles. The summed E-state index contributed by atoms with van der Waals surface area (Å²) in [6.07, 6.45) is 1.30. The van der Waals surface area contributed by atoms with E-state index in [1.807, 2.05) is 37.3 Å². The van der Waals surface area contributed by atoms with Gasteiger partial charge in [0.25, 0.3) is 0 Å². The van der Waals surface area contributed by atoms with Crippen molar-refractivity contribution in [1.82, 2.24) is 20.9 Å². The number of piperidine rings is 1. The number of rotatable bonds is 8. The van der Waals surface area contributed by atoms with Crippen molar-refractivity contribution in [2.24, 2.45) is 5.92 Å². The molecule has 0 aromatic heterocycles. The number of carbonyl (C=O) groups is 4. The molecule has 40 heavy (non-hydrogen) atoms. The van der Waals surface area contributed by atoms with E-state index in [9.17, 15) is 24.3 Å². The molecule has 4 rings (SSSR count). The maximum absolute atomic E-state index is 13.4. The van der Waals surface area contributed by atoms with Gasteiger partial charge in [-0.3, -0.25) is 14.9 Å². The van der Waals surface area contributed by atoms with Gasteiger partial charge in [-0.05, 0) is 49.8 Å². The Kier molecular flexibility index (Phi) is 9.32. The van der Waals surface area contributed by atoms with Crippen LogP contribution in [0.2, 0.25) is 5.02 Å². The van der Waals surface area contributed by atoms with Crippen LogP contribution in [0.3, 0.4) is 0 Å². The van der Waals surface area contributed by atoms with E-state index in [4.69, 9.17) is 11.6 Å². The van der Waals surface area contributed by atoms with Gasteiger partial charge in [0.2, 0.25) is 11.8 Å². The fourth-order valence-corrected chi connectivity index (χ4v) is 5.99. The average Bonchev–Trinajstić information content (AvgIpc) is 2.94. The number of ether oxygens (including phenoxy) is 1. The van der Waals surface area contributed by atoms with Crippen LogP contribution in [0.5, 0.6) is 0 Å². The molecule has 2 fully saturated rings. The van der Waals surface area contributed by atoms with Crippen LogP contribution in [0.15, 0.2) is 42.5 Å². The lowest BCUT2D eigenvalue weighted by Gasteiger charge is -2.44. The van der Waals surface area contributed by atoms with Gasteiger partial charge >= 0.3 is 12.1 Å². The smallest absolute Gasteiger partial charge is 0.406 e. The lowest BCUT2D eigenvalue weighted by molar-refractivity contribution is -0.141. The van der Waals surface area contributed by atoms with Crippen LogP contribution in [0.25, 0.3) is 11.1 Å². The molecule has 3 atom stereocenters. The molecule has 0 unspecified atom stereocenters. The number of alkyl carbamates (subject to hydrolysis) is 1. The molecule has 2 aromatic carbocycles. The second-order valence-electron chi connectivity index (χ2n) is 10.4. The predicted octanol–water partition coefficient (Wildman–Crippen LogP) is 3.48. The number of carbonyl (C=O) groups excluding carboxylic acids is 4. The van der Waals surface area contributed by atoms with E-state index >= 15 is 0 Å². The van der Waals surface area contributed by atoms with Gasteiger partial charge < -0.3 is 25.4 Å². The summed E-state index contributed by atoms with van der Waals surface area (Å²) < 4.78 is 4.67. The van der Waals surface area contributed by atoms with Crippen molar-refractivity contribution < 1.29 is 29.0 Å². The van der Waals surface area contributed by atoms with Crippen molar-refractivity contribution in [2.45, 2.75) is 50.7 Å². The van der Waals surface area contributed by atoms with E-state index < -0.39 is 29.7 Å². The number of likely N-dealkylation sites (tertiary alicyclic amines) is 1. The summed E-state index contributed by atoms with van der Waals surface area (Å²) in [6, 6.07) is 11.7. The minimum absolute atomic E-state index is 0.138. The Morgan fingerprint density at radius 1 is 1.23 bits per heavy atom. The topological polar surface area (TPSA) is 137 Å². The maximum Gasteiger partial charge on any atom is 0.406 e. The molecule has 0 aliphatic carbocycles. The molecule has 0 spiro atoms. The minimum atomic E-state index is -1.41. The number of halogens is 1. The summed E-state index contributed by atoms with van der Waals surface area (Å²) in [5.41, 5.74) is 1.87. The highest BCUT2D eigenvalue weighted by atomic mass is 35.5. The van der Waals surface area contributed by atoms with Gasteiger partial charge in [-0.25, -0.2) is 9.59 Å². The molecule has 2 aliphatic rings. The molecule has 10 nitrogen and oxygen atoms in total. The Hall–Kier alpha value is -3.63. The first-order chi connectivity index (χ1) is 19.1. The largest absolute Gasteiger partial charge is 0.453 e. The number of hydrogen-bond acceptors (Lipinski definition) is 6. The molecule has 4 N–H and O–H groups in total. The van der Waals surface area contributed by atoms with Crippen LogP contribution in [-0.2, 0) is 19.9 Å². The van der Waals surface area contributed by atoms with Crippen molar-refractivity contribution in [2.75, 3.05) is 26.7 Å². The van der Waals surface area contributed by atoms with Crippen molar-refractivity contribution in [3.63, 3.8) is 0 Å². The first-order valence-electron chi connectivity index (χ1n) is 13.4. The normalized spacial score (nSPS) is 20.6. The van der Waals surface area contributed by atoms with E-state index in [-0.39, 0.29) is 37.8 Å². The fourth-order valence-electron chi connectivity index (χ4n) is 5.70. The number of nitrogens with zero attached hydrogens (tertiary/aromatic N) is 1. The highest BCUT2D eigenvalue weighted by Gasteiger charge is 2.44. The predicted molar refractivity (Wildman–Crippen MR) is 150 cm³/mol. The molecule has 214 valence electrons. The Morgan fingerprint density at radius 2 is 2.00 bits per heavy atom. The third-order valence-electron chi connectivity index (χ3n) is 7.63. The van der Waals surface area contributed by atoms with Gasteiger partial charge in [0.1, 0.15) is 6.04 Å². The SMILES string of the molecule is COC(=O)NCCC[C@@](O)(c1cccc(Cl)c1-c1cccc(C)c1)[C@@H]1CCCN(C(=O)[C@H]2CC(=O)NC(=O)N2)C1. The van der Waals surface area contributed by atoms with Gasteiger partial charge in [-0.1, -0.05) is 53.6 Å². The van der Waals surface area contributed by atoms with E-state index in [1.165, 1.54) is 7.11 Å². The second kappa shape index (κ2) is 12.7.